The third-order valence-electron chi connectivity index (χ3n) is 3.27. The lowest BCUT2D eigenvalue weighted by atomic mass is 10.1. The van der Waals surface area contributed by atoms with Crippen LogP contribution in [0.25, 0.3) is 0 Å². The van der Waals surface area contributed by atoms with E-state index in [9.17, 15) is 0 Å². The van der Waals surface area contributed by atoms with Gasteiger partial charge in [-0.2, -0.15) is 0 Å². The molecule has 2 rings (SSSR count). The van der Waals surface area contributed by atoms with Crippen LogP contribution in [0.5, 0.6) is 0 Å². The van der Waals surface area contributed by atoms with E-state index in [1.165, 1.54) is 0 Å². The highest BCUT2D eigenvalue weighted by molar-refractivity contribution is 6.41. The molecule has 108 valence electrons. The fourth-order valence-electron chi connectivity index (χ4n) is 2.32. The molecule has 2 N–H and O–H groups in total. The second-order valence-electron chi connectivity index (χ2n) is 4.91. The van der Waals surface area contributed by atoms with Gasteiger partial charge in [0.25, 0.3) is 0 Å². The highest BCUT2D eigenvalue weighted by atomic mass is 35.5. The fraction of sp³-hybridized carbons (Fsp3) is 0.429. The number of rotatable bonds is 4. The Balaban J connectivity index is 2.08. The minimum absolute atomic E-state index is 0.321. The summed E-state index contributed by atoms with van der Waals surface area (Å²) in [5.74, 6) is 0.321. The van der Waals surface area contributed by atoms with E-state index in [0.717, 1.165) is 30.1 Å². The monoisotopic (exact) mass is 294 g/mol. The Bertz CT molecular complexity index is 500. The average molecular weight is 295 g/mol. The summed E-state index contributed by atoms with van der Waals surface area (Å²) in [6, 6.07) is 7.71. The maximum atomic E-state index is 9.04. The van der Waals surface area contributed by atoms with E-state index in [0.29, 0.717) is 24.8 Å². The Hall–Kier alpha value is -1.59. The summed E-state index contributed by atoms with van der Waals surface area (Å²) >= 11 is 5.88. The second-order valence-corrected chi connectivity index (χ2v) is 5.35. The van der Waals surface area contributed by atoms with Gasteiger partial charge in [0.1, 0.15) is 11.5 Å². The van der Waals surface area contributed by atoms with Crippen LogP contribution in [0.1, 0.15) is 18.9 Å². The number of halogens is 1. The zero-order chi connectivity index (χ0) is 14.5. The van der Waals surface area contributed by atoms with Gasteiger partial charge in [0.05, 0.1) is 6.67 Å². The van der Waals surface area contributed by atoms with Crippen molar-refractivity contribution in [3.63, 3.8) is 0 Å². The first-order valence-corrected chi connectivity index (χ1v) is 7.03. The van der Waals surface area contributed by atoms with Gasteiger partial charge < -0.3 is 10.1 Å². The smallest absolute Gasteiger partial charge is 0.148 e. The van der Waals surface area contributed by atoms with Crippen LogP contribution in [-0.2, 0) is 6.54 Å². The van der Waals surface area contributed by atoms with Gasteiger partial charge in [-0.25, -0.2) is 0 Å². The summed E-state index contributed by atoms with van der Waals surface area (Å²) in [7, 11) is 0. The van der Waals surface area contributed by atoms with E-state index in [2.05, 4.69) is 17.0 Å². The summed E-state index contributed by atoms with van der Waals surface area (Å²) in [6.07, 6.45) is 0.954. The summed E-state index contributed by atoms with van der Waals surface area (Å²) in [5.41, 5.74) is 1.57. The van der Waals surface area contributed by atoms with E-state index in [1.807, 2.05) is 29.2 Å². The molecule has 0 spiro atoms. The molecule has 1 aromatic carbocycles. The zero-order valence-electron chi connectivity index (χ0n) is 11.5. The van der Waals surface area contributed by atoms with Gasteiger partial charge in [-0.15, -0.1) is 0 Å². The number of benzene rings is 1. The minimum Gasteiger partial charge on any atom is -0.410 e. The molecular formula is C14H19ClN4O. The molecule has 0 aromatic heterocycles. The molecule has 0 unspecified atom stereocenters. The van der Waals surface area contributed by atoms with E-state index in [4.69, 9.17) is 22.2 Å². The van der Waals surface area contributed by atoms with Gasteiger partial charge in [-0.1, -0.05) is 35.8 Å². The molecule has 0 radical (unpaired) electrons. The summed E-state index contributed by atoms with van der Waals surface area (Å²) < 4.78 is 0. The first kappa shape index (κ1) is 14.8. The zero-order valence-corrected chi connectivity index (χ0v) is 12.3. The molecule has 1 aromatic rings. The van der Waals surface area contributed by atoms with Crippen LogP contribution in [0.15, 0.2) is 29.4 Å². The molecule has 1 fully saturated rings. The predicted molar refractivity (Wildman–Crippen MR) is 80.7 cm³/mol. The van der Waals surface area contributed by atoms with Gasteiger partial charge in [0.2, 0.25) is 0 Å². The number of nitrogens with zero attached hydrogens (tertiary/aromatic N) is 3. The van der Waals surface area contributed by atoms with Crippen LogP contribution in [0.4, 0.5) is 0 Å². The molecule has 1 heterocycles. The lowest BCUT2D eigenvalue weighted by molar-refractivity contribution is 0.186. The van der Waals surface area contributed by atoms with E-state index in [1.54, 1.807) is 0 Å². The highest BCUT2D eigenvalue weighted by Crippen LogP contribution is 2.14. The number of nitrogens with one attached hydrogen (secondary N) is 1. The standard InChI is InChI=1S/C14H19ClN4O/c1-2-7-19-10-18(9-13(17-20)14(19)16)8-11-3-5-12(15)6-4-11/h3-6,16,20H,2,7-10H2,1H3. The molecule has 0 saturated carbocycles. The molecule has 0 aliphatic carbocycles. The van der Waals surface area contributed by atoms with Crippen molar-refractivity contribution >= 4 is 23.1 Å². The molecule has 1 saturated heterocycles. The molecule has 1 aliphatic heterocycles. The van der Waals surface area contributed by atoms with Gasteiger partial charge in [0, 0.05) is 24.7 Å². The Morgan fingerprint density at radius 1 is 1.35 bits per heavy atom. The van der Waals surface area contributed by atoms with Crippen LogP contribution in [0.3, 0.4) is 0 Å². The first-order chi connectivity index (χ1) is 9.63. The fourth-order valence-corrected chi connectivity index (χ4v) is 2.44. The van der Waals surface area contributed by atoms with Gasteiger partial charge in [-0.3, -0.25) is 10.3 Å². The Labute approximate surface area is 123 Å². The third-order valence-corrected chi connectivity index (χ3v) is 3.52. The largest absolute Gasteiger partial charge is 0.410 e. The Kier molecular flexibility index (Phi) is 4.98. The van der Waals surface area contributed by atoms with Gasteiger partial charge in [-0.05, 0) is 24.1 Å². The molecule has 20 heavy (non-hydrogen) atoms. The van der Waals surface area contributed by atoms with Crippen molar-refractivity contribution in [1.82, 2.24) is 9.80 Å². The van der Waals surface area contributed by atoms with Crippen LogP contribution < -0.4 is 0 Å². The number of amidine groups is 1. The van der Waals surface area contributed by atoms with Crippen LogP contribution >= 0.6 is 11.6 Å². The van der Waals surface area contributed by atoms with Gasteiger partial charge in [0.15, 0.2) is 0 Å². The molecule has 0 atom stereocenters. The SMILES string of the molecule is CCCN1CN(Cc2ccc(Cl)cc2)CC(=NO)C1=N. The quantitative estimate of drug-likeness (QED) is 0.663. The molecule has 6 heteroatoms. The lowest BCUT2D eigenvalue weighted by Crippen LogP contribution is -2.53. The number of hydrogen-bond donors (Lipinski definition) is 2. The van der Waals surface area contributed by atoms with E-state index in [-0.39, 0.29) is 0 Å². The van der Waals surface area contributed by atoms with E-state index < -0.39 is 0 Å². The van der Waals surface area contributed by atoms with Crippen molar-refractivity contribution in [2.24, 2.45) is 5.16 Å². The molecule has 1 aliphatic rings. The summed E-state index contributed by atoms with van der Waals surface area (Å²) in [4.78, 5) is 4.07. The minimum atomic E-state index is 0.321. The number of oxime groups is 1. The summed E-state index contributed by atoms with van der Waals surface area (Å²) in [6.45, 7) is 4.76. The first-order valence-electron chi connectivity index (χ1n) is 6.65. The second kappa shape index (κ2) is 6.72. The maximum absolute atomic E-state index is 9.04. The highest BCUT2D eigenvalue weighted by Gasteiger charge is 2.26. The molecule has 0 bridgehead atoms. The molecular weight excluding hydrogens is 276 g/mol. The van der Waals surface area contributed by atoms with Crippen molar-refractivity contribution in [1.29, 1.82) is 5.41 Å². The van der Waals surface area contributed by atoms with E-state index >= 15 is 0 Å². The predicted octanol–water partition coefficient (Wildman–Crippen LogP) is 2.63. The van der Waals surface area contributed by atoms with Crippen LogP contribution in [0.2, 0.25) is 5.02 Å². The normalized spacial score (nSPS) is 18.8. The van der Waals surface area contributed by atoms with Crippen molar-refractivity contribution in [2.45, 2.75) is 19.9 Å². The third kappa shape index (κ3) is 3.49. The van der Waals surface area contributed by atoms with Crippen molar-refractivity contribution in [3.05, 3.63) is 34.9 Å². The Morgan fingerprint density at radius 3 is 2.65 bits per heavy atom. The molecule has 0 amide bonds. The average Bonchev–Trinajstić information content (AvgIpc) is 2.45. The molecule has 5 nitrogen and oxygen atoms in total. The van der Waals surface area contributed by atoms with Crippen LogP contribution in [-0.4, -0.2) is 46.3 Å². The number of hydrogen-bond acceptors (Lipinski definition) is 4. The lowest BCUT2D eigenvalue weighted by Gasteiger charge is -2.37. The van der Waals surface area contributed by atoms with Gasteiger partial charge >= 0.3 is 0 Å². The summed E-state index contributed by atoms with van der Waals surface area (Å²) in [5, 5.41) is 21.0. The van der Waals surface area contributed by atoms with Crippen molar-refractivity contribution in [2.75, 3.05) is 19.8 Å². The van der Waals surface area contributed by atoms with Crippen molar-refractivity contribution < 1.29 is 5.21 Å². The Morgan fingerprint density at radius 2 is 2.05 bits per heavy atom. The topological polar surface area (TPSA) is 62.9 Å². The van der Waals surface area contributed by atoms with Crippen LogP contribution in [0, 0.1) is 5.41 Å². The maximum Gasteiger partial charge on any atom is 0.148 e. The van der Waals surface area contributed by atoms with Crippen molar-refractivity contribution in [3.8, 4) is 0 Å².